The van der Waals surface area contributed by atoms with Crippen LogP contribution >= 0.6 is 0 Å². The van der Waals surface area contributed by atoms with Crippen LogP contribution in [-0.4, -0.2) is 16.1 Å². The summed E-state index contributed by atoms with van der Waals surface area (Å²) in [5.74, 6) is 2.07. The van der Waals surface area contributed by atoms with Crippen molar-refractivity contribution in [3.05, 3.63) is 54.2 Å². The van der Waals surface area contributed by atoms with Crippen molar-refractivity contribution >= 4 is 11.0 Å². The van der Waals surface area contributed by atoms with Gasteiger partial charge in [0.2, 0.25) is 0 Å². The Morgan fingerprint density at radius 3 is 2.89 bits per heavy atom. The van der Waals surface area contributed by atoms with Crippen LogP contribution in [-0.2, 0) is 20.0 Å². The largest absolute Gasteiger partial charge is 0.468 e. The summed E-state index contributed by atoms with van der Waals surface area (Å²) in [6.07, 6.45) is 2.61. The Balaban J connectivity index is 1.61. The third kappa shape index (κ3) is 2.53. The number of furan rings is 1. The molecule has 0 fully saturated rings. The number of hydrogen-bond acceptors (Lipinski definition) is 3. The number of benzene rings is 1. The number of rotatable bonds is 5. The van der Waals surface area contributed by atoms with Crippen LogP contribution in [0.3, 0.4) is 0 Å². The topological polar surface area (TPSA) is 43.0 Å². The summed E-state index contributed by atoms with van der Waals surface area (Å²) < 4.78 is 7.43. The van der Waals surface area contributed by atoms with Gasteiger partial charge in [0, 0.05) is 20.0 Å². The maximum absolute atomic E-state index is 5.27. The Hall–Kier alpha value is -2.07. The molecule has 0 atom stereocenters. The zero-order valence-corrected chi connectivity index (χ0v) is 11.0. The minimum absolute atomic E-state index is 0.761. The zero-order valence-electron chi connectivity index (χ0n) is 11.0. The fraction of sp³-hybridized carbons (Fsp3) is 0.267. The van der Waals surface area contributed by atoms with Gasteiger partial charge in [-0.05, 0) is 24.3 Å². The molecule has 3 rings (SSSR count). The molecule has 19 heavy (non-hydrogen) atoms. The number of nitrogens with zero attached hydrogens (tertiary/aromatic N) is 2. The highest BCUT2D eigenvalue weighted by Crippen LogP contribution is 2.14. The smallest absolute Gasteiger partial charge is 0.117 e. The Morgan fingerprint density at radius 1 is 1.21 bits per heavy atom. The quantitative estimate of drug-likeness (QED) is 0.712. The molecule has 0 saturated heterocycles. The molecule has 0 aliphatic carbocycles. The van der Waals surface area contributed by atoms with E-state index < -0.39 is 0 Å². The van der Waals surface area contributed by atoms with E-state index in [1.807, 2.05) is 24.3 Å². The highest BCUT2D eigenvalue weighted by atomic mass is 16.3. The number of hydrogen-bond donors (Lipinski definition) is 1. The van der Waals surface area contributed by atoms with E-state index in [1.165, 1.54) is 5.52 Å². The summed E-state index contributed by atoms with van der Waals surface area (Å²) in [5.41, 5.74) is 2.24. The summed E-state index contributed by atoms with van der Waals surface area (Å²) in [4.78, 5) is 4.65. The number of imidazole rings is 1. The molecular weight excluding hydrogens is 238 g/mol. The van der Waals surface area contributed by atoms with Gasteiger partial charge in [-0.1, -0.05) is 12.1 Å². The first-order valence-electron chi connectivity index (χ1n) is 6.48. The maximum atomic E-state index is 5.27. The lowest BCUT2D eigenvalue weighted by Gasteiger charge is -2.03. The fourth-order valence-electron chi connectivity index (χ4n) is 2.24. The summed E-state index contributed by atoms with van der Waals surface area (Å²) in [6, 6.07) is 12.1. The van der Waals surface area contributed by atoms with Crippen molar-refractivity contribution in [1.29, 1.82) is 0 Å². The molecular formula is C15H17N3O. The Morgan fingerprint density at radius 2 is 2.11 bits per heavy atom. The first-order valence-corrected chi connectivity index (χ1v) is 6.48. The van der Waals surface area contributed by atoms with Crippen molar-refractivity contribution in [1.82, 2.24) is 14.9 Å². The van der Waals surface area contributed by atoms with Gasteiger partial charge in [-0.2, -0.15) is 0 Å². The number of aryl methyl sites for hydroxylation is 1. The molecule has 2 aromatic heterocycles. The van der Waals surface area contributed by atoms with Crippen molar-refractivity contribution < 1.29 is 4.42 Å². The molecule has 0 aliphatic rings. The first-order chi connectivity index (χ1) is 9.34. The van der Waals surface area contributed by atoms with Crippen LogP contribution in [0.5, 0.6) is 0 Å². The summed E-state index contributed by atoms with van der Waals surface area (Å²) in [7, 11) is 2.07. The standard InChI is InChI=1S/C15H17N3O/c1-18-14-7-3-2-6-13(14)17-15(18)8-9-16-11-12-5-4-10-19-12/h2-7,10,16H,8-9,11H2,1H3. The van der Waals surface area contributed by atoms with Gasteiger partial charge in [0.1, 0.15) is 11.6 Å². The van der Waals surface area contributed by atoms with Crippen LogP contribution < -0.4 is 5.32 Å². The Kier molecular flexibility index (Phi) is 3.33. The first kappa shape index (κ1) is 12.0. The molecule has 0 saturated carbocycles. The number of fused-ring (bicyclic) bond motifs is 1. The van der Waals surface area contributed by atoms with E-state index in [9.17, 15) is 0 Å². The second kappa shape index (κ2) is 5.28. The van der Waals surface area contributed by atoms with Crippen LogP contribution in [0.25, 0.3) is 11.0 Å². The second-order valence-electron chi connectivity index (χ2n) is 4.58. The van der Waals surface area contributed by atoms with Gasteiger partial charge in [-0.3, -0.25) is 0 Å². The lowest BCUT2D eigenvalue weighted by Crippen LogP contribution is -2.17. The van der Waals surface area contributed by atoms with E-state index in [-0.39, 0.29) is 0 Å². The highest BCUT2D eigenvalue weighted by Gasteiger charge is 2.06. The normalized spacial score (nSPS) is 11.2. The van der Waals surface area contributed by atoms with Gasteiger partial charge >= 0.3 is 0 Å². The molecule has 3 aromatic rings. The Labute approximate surface area is 112 Å². The van der Waals surface area contributed by atoms with E-state index in [4.69, 9.17) is 4.42 Å². The van der Waals surface area contributed by atoms with Crippen molar-refractivity contribution in [3.8, 4) is 0 Å². The molecule has 0 spiro atoms. The van der Waals surface area contributed by atoms with E-state index >= 15 is 0 Å². The van der Waals surface area contributed by atoms with Crippen LogP contribution in [0.4, 0.5) is 0 Å². The van der Waals surface area contributed by atoms with E-state index in [2.05, 4.69) is 34.0 Å². The highest BCUT2D eigenvalue weighted by molar-refractivity contribution is 5.75. The monoisotopic (exact) mass is 255 g/mol. The van der Waals surface area contributed by atoms with Crippen LogP contribution in [0.2, 0.25) is 0 Å². The summed E-state index contributed by atoms with van der Waals surface area (Å²) in [5, 5.41) is 3.36. The van der Waals surface area contributed by atoms with Gasteiger partial charge < -0.3 is 14.3 Å². The Bertz CT molecular complexity index is 655. The molecule has 0 aliphatic heterocycles. The van der Waals surface area contributed by atoms with E-state index in [0.29, 0.717) is 0 Å². The maximum Gasteiger partial charge on any atom is 0.117 e. The SMILES string of the molecule is Cn1c(CCNCc2ccco2)nc2ccccc21. The second-order valence-corrected chi connectivity index (χ2v) is 4.58. The molecule has 4 nitrogen and oxygen atoms in total. The number of nitrogens with one attached hydrogen (secondary N) is 1. The number of para-hydroxylation sites is 2. The lowest BCUT2D eigenvalue weighted by atomic mass is 10.3. The predicted octanol–water partition coefficient (Wildman–Crippen LogP) is 2.50. The molecule has 4 heteroatoms. The van der Waals surface area contributed by atoms with Crippen molar-refractivity contribution in [2.75, 3.05) is 6.54 Å². The van der Waals surface area contributed by atoms with Gasteiger partial charge in [0.15, 0.2) is 0 Å². The summed E-state index contributed by atoms with van der Waals surface area (Å²) >= 11 is 0. The molecule has 1 aromatic carbocycles. The third-order valence-corrected chi connectivity index (χ3v) is 3.28. The predicted molar refractivity (Wildman–Crippen MR) is 74.8 cm³/mol. The average Bonchev–Trinajstić information content (AvgIpc) is 3.04. The van der Waals surface area contributed by atoms with Gasteiger partial charge in [-0.15, -0.1) is 0 Å². The van der Waals surface area contributed by atoms with Crippen molar-refractivity contribution in [3.63, 3.8) is 0 Å². The fourth-order valence-corrected chi connectivity index (χ4v) is 2.24. The van der Waals surface area contributed by atoms with Crippen LogP contribution in [0, 0.1) is 0 Å². The van der Waals surface area contributed by atoms with Gasteiger partial charge in [-0.25, -0.2) is 4.98 Å². The average molecular weight is 255 g/mol. The van der Waals surface area contributed by atoms with Gasteiger partial charge in [0.25, 0.3) is 0 Å². The molecule has 2 heterocycles. The minimum atomic E-state index is 0.761. The molecule has 0 radical (unpaired) electrons. The van der Waals surface area contributed by atoms with E-state index in [0.717, 1.165) is 36.6 Å². The molecule has 0 bridgehead atoms. The van der Waals surface area contributed by atoms with Crippen molar-refractivity contribution in [2.24, 2.45) is 7.05 Å². The van der Waals surface area contributed by atoms with Crippen LogP contribution in [0.15, 0.2) is 47.1 Å². The molecule has 0 unspecified atom stereocenters. The molecule has 0 amide bonds. The minimum Gasteiger partial charge on any atom is -0.468 e. The lowest BCUT2D eigenvalue weighted by molar-refractivity contribution is 0.483. The summed E-state index contributed by atoms with van der Waals surface area (Å²) in [6.45, 7) is 1.65. The number of aromatic nitrogens is 2. The third-order valence-electron chi connectivity index (χ3n) is 3.28. The van der Waals surface area contributed by atoms with E-state index in [1.54, 1.807) is 6.26 Å². The van der Waals surface area contributed by atoms with Crippen molar-refractivity contribution in [2.45, 2.75) is 13.0 Å². The molecule has 98 valence electrons. The zero-order chi connectivity index (χ0) is 13.1. The van der Waals surface area contributed by atoms with Gasteiger partial charge in [0.05, 0.1) is 23.8 Å². The van der Waals surface area contributed by atoms with Crippen LogP contribution in [0.1, 0.15) is 11.6 Å². The molecule has 1 N–H and O–H groups in total.